The maximum absolute atomic E-state index is 12.3. The van der Waals surface area contributed by atoms with Crippen molar-refractivity contribution in [3.05, 3.63) is 0 Å². The molecule has 0 spiro atoms. The van der Waals surface area contributed by atoms with Crippen LogP contribution in [-0.2, 0) is 9.53 Å². The van der Waals surface area contributed by atoms with E-state index in [4.69, 9.17) is 17.6 Å². The van der Waals surface area contributed by atoms with E-state index in [9.17, 15) is 18.0 Å². The van der Waals surface area contributed by atoms with Gasteiger partial charge in [-0.2, -0.15) is 13.2 Å². The summed E-state index contributed by atoms with van der Waals surface area (Å²) in [5, 5.41) is 0. The third kappa shape index (κ3) is 1.98. The van der Waals surface area contributed by atoms with Gasteiger partial charge >= 0.3 is 12.1 Å². The quantitative estimate of drug-likeness (QED) is 0.565. The van der Waals surface area contributed by atoms with Crippen molar-refractivity contribution in [2.24, 2.45) is 0 Å². The van der Waals surface area contributed by atoms with Crippen LogP contribution < -0.4 is 0 Å². The van der Waals surface area contributed by atoms with Gasteiger partial charge in [0.2, 0.25) is 0 Å². The van der Waals surface area contributed by atoms with E-state index in [-0.39, 0.29) is 19.8 Å². The Hall–Kier alpha value is -1.66. The number of rotatable bonds is 0. The molecule has 1 rings (SSSR count). The van der Waals surface area contributed by atoms with Gasteiger partial charge in [-0.1, -0.05) is 11.8 Å². The summed E-state index contributed by atoms with van der Waals surface area (Å²) in [7, 11) is 0. The highest BCUT2D eigenvalue weighted by Crippen LogP contribution is 2.26. The minimum Gasteiger partial charge on any atom is -0.375 e. The monoisotopic (exact) mass is 231 g/mol. The molecule has 1 fully saturated rings. The summed E-state index contributed by atoms with van der Waals surface area (Å²) in [6.07, 6.45) is 5.18. The summed E-state index contributed by atoms with van der Waals surface area (Å²) in [5.74, 6) is 1.99. The van der Waals surface area contributed by atoms with Crippen LogP contribution in [0.2, 0.25) is 0 Å². The molecular formula is C10H8F3NO2. The molecule has 0 N–H and O–H groups in total. The average molecular weight is 231 g/mol. The van der Waals surface area contributed by atoms with Gasteiger partial charge in [0.15, 0.2) is 5.54 Å². The van der Waals surface area contributed by atoms with Crippen molar-refractivity contribution in [2.75, 3.05) is 19.8 Å². The molecule has 16 heavy (non-hydrogen) atoms. The zero-order valence-corrected chi connectivity index (χ0v) is 8.17. The molecule has 1 heterocycles. The van der Waals surface area contributed by atoms with Crippen LogP contribution in [-0.4, -0.2) is 42.3 Å². The molecule has 1 aliphatic rings. The minimum absolute atomic E-state index is 0.0209. The molecule has 6 heteroatoms. The van der Waals surface area contributed by atoms with Gasteiger partial charge in [-0.3, -0.25) is 4.79 Å². The fourth-order valence-electron chi connectivity index (χ4n) is 1.35. The molecule has 3 nitrogen and oxygen atoms in total. The van der Waals surface area contributed by atoms with Crippen LogP contribution in [0, 0.1) is 24.7 Å². The number of amides is 1. The van der Waals surface area contributed by atoms with Crippen LogP contribution in [0.4, 0.5) is 13.2 Å². The van der Waals surface area contributed by atoms with Crippen molar-refractivity contribution in [2.45, 2.75) is 11.7 Å². The summed E-state index contributed by atoms with van der Waals surface area (Å²) < 4.78 is 41.8. The van der Waals surface area contributed by atoms with Gasteiger partial charge in [0.1, 0.15) is 0 Å². The van der Waals surface area contributed by atoms with E-state index in [0.717, 1.165) is 0 Å². The highest BCUT2D eigenvalue weighted by atomic mass is 19.4. The van der Waals surface area contributed by atoms with Gasteiger partial charge in [0.25, 0.3) is 0 Å². The van der Waals surface area contributed by atoms with Crippen LogP contribution in [0.5, 0.6) is 0 Å². The standard InChI is InChI=1S/C10H8F3NO2/c1-3-9(4-2)7-16-6-5-14(9)8(15)10(11,12)13/h1-2H,5-7H2. The minimum atomic E-state index is -4.99. The van der Waals surface area contributed by atoms with E-state index in [1.165, 1.54) is 0 Å². The van der Waals surface area contributed by atoms with Crippen molar-refractivity contribution >= 4 is 5.91 Å². The molecule has 1 saturated heterocycles. The molecule has 0 unspecified atom stereocenters. The van der Waals surface area contributed by atoms with Crippen LogP contribution in [0.3, 0.4) is 0 Å². The number of ether oxygens (including phenoxy) is 1. The lowest BCUT2D eigenvalue weighted by atomic mass is 9.99. The Morgan fingerprint density at radius 1 is 1.38 bits per heavy atom. The normalized spacial score (nSPS) is 19.7. The fraction of sp³-hybridized carbons (Fsp3) is 0.500. The van der Waals surface area contributed by atoms with Crippen molar-refractivity contribution in [1.29, 1.82) is 0 Å². The second kappa shape index (κ2) is 4.07. The molecule has 0 aromatic rings. The molecule has 0 atom stereocenters. The van der Waals surface area contributed by atoms with E-state index in [1.54, 1.807) is 0 Å². The Morgan fingerprint density at radius 2 is 1.94 bits per heavy atom. The SMILES string of the molecule is C#CC1(C#C)COCCN1C(=O)C(F)(F)F. The molecule has 1 aliphatic heterocycles. The molecular weight excluding hydrogens is 223 g/mol. The van der Waals surface area contributed by atoms with E-state index in [1.807, 2.05) is 11.8 Å². The molecule has 0 aromatic carbocycles. The first-order chi connectivity index (χ1) is 7.37. The molecule has 0 aromatic heterocycles. The van der Waals surface area contributed by atoms with Crippen molar-refractivity contribution < 1.29 is 22.7 Å². The van der Waals surface area contributed by atoms with Gasteiger partial charge in [-0.15, -0.1) is 12.8 Å². The summed E-state index contributed by atoms with van der Waals surface area (Å²) in [4.78, 5) is 11.6. The number of nitrogens with zero attached hydrogens (tertiary/aromatic N) is 1. The van der Waals surface area contributed by atoms with E-state index >= 15 is 0 Å². The smallest absolute Gasteiger partial charge is 0.375 e. The Morgan fingerprint density at radius 3 is 2.38 bits per heavy atom. The average Bonchev–Trinajstić information content (AvgIpc) is 2.26. The molecule has 0 radical (unpaired) electrons. The summed E-state index contributed by atoms with van der Waals surface area (Å²) in [6.45, 7) is -0.582. The highest BCUT2D eigenvalue weighted by molar-refractivity contribution is 5.84. The van der Waals surface area contributed by atoms with E-state index < -0.39 is 17.6 Å². The lowest BCUT2D eigenvalue weighted by molar-refractivity contribution is -0.193. The van der Waals surface area contributed by atoms with Crippen LogP contribution >= 0.6 is 0 Å². The fourth-order valence-corrected chi connectivity index (χ4v) is 1.35. The molecule has 0 bridgehead atoms. The van der Waals surface area contributed by atoms with Crippen molar-refractivity contribution in [1.82, 2.24) is 4.90 Å². The van der Waals surface area contributed by atoms with Gasteiger partial charge in [-0.25, -0.2) is 0 Å². The van der Waals surface area contributed by atoms with Gasteiger partial charge < -0.3 is 9.64 Å². The Bertz CT molecular complexity index is 361. The maximum Gasteiger partial charge on any atom is 0.471 e. The lowest BCUT2D eigenvalue weighted by Gasteiger charge is -2.39. The van der Waals surface area contributed by atoms with Crippen LogP contribution in [0.15, 0.2) is 0 Å². The number of terminal acetylenes is 2. The van der Waals surface area contributed by atoms with Crippen molar-refractivity contribution in [3.8, 4) is 24.7 Å². The first kappa shape index (κ1) is 12.4. The largest absolute Gasteiger partial charge is 0.471 e. The summed E-state index contributed by atoms with van der Waals surface area (Å²) >= 11 is 0. The summed E-state index contributed by atoms with van der Waals surface area (Å²) in [6, 6.07) is 0. The van der Waals surface area contributed by atoms with Gasteiger partial charge in [0.05, 0.1) is 13.2 Å². The number of alkyl halides is 3. The Kier molecular flexibility index (Phi) is 3.16. The molecule has 0 saturated carbocycles. The highest BCUT2D eigenvalue weighted by Gasteiger charge is 2.50. The first-order valence-electron chi connectivity index (χ1n) is 4.29. The number of carbonyl (C=O) groups is 1. The number of morpholine rings is 1. The second-order valence-corrected chi connectivity index (χ2v) is 3.16. The Labute approximate surface area is 90.5 Å². The third-order valence-corrected chi connectivity index (χ3v) is 2.20. The van der Waals surface area contributed by atoms with E-state index in [2.05, 4.69) is 0 Å². The number of carbonyl (C=O) groups excluding carboxylic acids is 1. The molecule has 86 valence electrons. The lowest BCUT2D eigenvalue weighted by Crippen LogP contribution is -2.60. The zero-order valence-electron chi connectivity index (χ0n) is 8.17. The predicted molar refractivity (Wildman–Crippen MR) is 49.0 cm³/mol. The maximum atomic E-state index is 12.3. The second-order valence-electron chi connectivity index (χ2n) is 3.16. The first-order valence-corrected chi connectivity index (χ1v) is 4.29. The number of hydrogen-bond donors (Lipinski definition) is 0. The topological polar surface area (TPSA) is 29.5 Å². The van der Waals surface area contributed by atoms with Crippen LogP contribution in [0.25, 0.3) is 0 Å². The summed E-state index contributed by atoms with van der Waals surface area (Å²) in [5.41, 5.74) is -1.75. The Balaban J connectivity index is 3.07. The van der Waals surface area contributed by atoms with Crippen LogP contribution in [0.1, 0.15) is 0 Å². The van der Waals surface area contributed by atoms with Gasteiger partial charge in [0, 0.05) is 6.54 Å². The number of hydrogen-bond acceptors (Lipinski definition) is 2. The predicted octanol–water partition coefficient (Wildman–Crippen LogP) is 0.413. The molecule has 1 amide bonds. The van der Waals surface area contributed by atoms with E-state index in [0.29, 0.717) is 4.90 Å². The molecule has 0 aliphatic carbocycles. The number of halogens is 3. The third-order valence-electron chi connectivity index (χ3n) is 2.20. The zero-order chi connectivity index (χ0) is 12.4. The van der Waals surface area contributed by atoms with Crippen molar-refractivity contribution in [3.63, 3.8) is 0 Å². The van der Waals surface area contributed by atoms with Gasteiger partial charge in [-0.05, 0) is 0 Å².